The fraction of sp³-hybridized carbons (Fsp3) is 0.438. The van der Waals surface area contributed by atoms with Crippen LogP contribution in [0.5, 0.6) is 0 Å². The molecule has 4 nitrogen and oxygen atoms in total. The Balaban J connectivity index is 1.40. The Morgan fingerprint density at radius 3 is 3.29 bits per heavy atom. The van der Waals surface area contributed by atoms with Gasteiger partial charge in [0.15, 0.2) is 0 Å². The number of nitrogens with zero attached hydrogens (tertiary/aromatic N) is 2. The van der Waals surface area contributed by atoms with E-state index in [1.807, 2.05) is 24.0 Å². The molecule has 4 rings (SSSR count). The second-order valence-electron chi connectivity index (χ2n) is 5.78. The summed E-state index contributed by atoms with van der Waals surface area (Å²) < 4.78 is 2.07. The van der Waals surface area contributed by atoms with Crippen LogP contribution in [0, 0.1) is 5.92 Å². The van der Waals surface area contributed by atoms with Crippen LogP contribution in [-0.4, -0.2) is 28.6 Å². The number of nitrogens with one attached hydrogen (secondary N) is 2. The SMILES string of the molecule is c1ccc2c(c1)SCC[C@@H]2NC[C@H]1CNc2ccnn2C1. The van der Waals surface area contributed by atoms with E-state index in [1.54, 1.807) is 0 Å². The minimum Gasteiger partial charge on any atom is -0.370 e. The molecule has 2 aliphatic heterocycles. The maximum absolute atomic E-state index is 4.36. The number of benzene rings is 1. The lowest BCUT2D eigenvalue weighted by molar-refractivity contribution is 0.366. The summed E-state index contributed by atoms with van der Waals surface area (Å²) in [4.78, 5) is 1.44. The molecule has 21 heavy (non-hydrogen) atoms. The molecule has 0 fully saturated rings. The third kappa shape index (κ3) is 2.68. The van der Waals surface area contributed by atoms with E-state index in [2.05, 4.69) is 44.7 Å². The van der Waals surface area contributed by atoms with Crippen molar-refractivity contribution in [2.45, 2.75) is 23.9 Å². The zero-order valence-electron chi connectivity index (χ0n) is 12.0. The number of hydrogen-bond donors (Lipinski definition) is 2. The van der Waals surface area contributed by atoms with Crippen molar-refractivity contribution in [3.05, 3.63) is 42.1 Å². The van der Waals surface area contributed by atoms with E-state index in [4.69, 9.17) is 0 Å². The second-order valence-corrected chi connectivity index (χ2v) is 6.92. The summed E-state index contributed by atoms with van der Waals surface area (Å²) in [6.07, 6.45) is 3.08. The first-order valence-electron chi connectivity index (χ1n) is 7.61. The zero-order chi connectivity index (χ0) is 14.1. The van der Waals surface area contributed by atoms with Gasteiger partial charge in [-0.3, -0.25) is 0 Å². The van der Waals surface area contributed by atoms with Crippen molar-refractivity contribution >= 4 is 17.6 Å². The normalized spacial score (nSPS) is 24.0. The summed E-state index contributed by atoms with van der Waals surface area (Å²) in [6, 6.07) is 11.3. The smallest absolute Gasteiger partial charge is 0.124 e. The summed E-state index contributed by atoms with van der Waals surface area (Å²) in [6.45, 7) is 3.07. The molecule has 2 atom stereocenters. The molecule has 3 heterocycles. The predicted molar refractivity (Wildman–Crippen MR) is 86.7 cm³/mol. The van der Waals surface area contributed by atoms with Crippen LogP contribution in [0.4, 0.5) is 5.82 Å². The molecule has 0 radical (unpaired) electrons. The molecule has 0 saturated heterocycles. The Kier molecular flexibility index (Phi) is 3.61. The summed E-state index contributed by atoms with van der Waals surface area (Å²) in [5, 5.41) is 11.6. The maximum Gasteiger partial charge on any atom is 0.124 e. The average molecular weight is 300 g/mol. The summed E-state index contributed by atoms with van der Waals surface area (Å²) >= 11 is 1.98. The van der Waals surface area contributed by atoms with E-state index in [-0.39, 0.29) is 0 Å². The van der Waals surface area contributed by atoms with Gasteiger partial charge in [-0.2, -0.15) is 5.10 Å². The molecule has 0 saturated carbocycles. The second kappa shape index (κ2) is 5.73. The van der Waals surface area contributed by atoms with Gasteiger partial charge in [0.25, 0.3) is 0 Å². The Bertz CT molecular complexity index is 624. The lowest BCUT2D eigenvalue weighted by Crippen LogP contribution is -2.37. The summed E-state index contributed by atoms with van der Waals surface area (Å²) in [5.41, 5.74) is 1.47. The highest BCUT2D eigenvalue weighted by Gasteiger charge is 2.23. The highest BCUT2D eigenvalue weighted by molar-refractivity contribution is 7.99. The van der Waals surface area contributed by atoms with Crippen LogP contribution >= 0.6 is 11.8 Å². The van der Waals surface area contributed by atoms with Crippen LogP contribution in [0.2, 0.25) is 0 Å². The molecule has 1 aromatic carbocycles. The van der Waals surface area contributed by atoms with Gasteiger partial charge in [-0.15, -0.1) is 11.8 Å². The molecule has 2 aliphatic rings. The largest absolute Gasteiger partial charge is 0.370 e. The van der Waals surface area contributed by atoms with Crippen LogP contribution in [-0.2, 0) is 6.54 Å². The molecule has 5 heteroatoms. The molecule has 2 N–H and O–H groups in total. The molecule has 0 unspecified atom stereocenters. The van der Waals surface area contributed by atoms with Gasteiger partial charge in [0.1, 0.15) is 5.82 Å². The number of rotatable bonds is 3. The van der Waals surface area contributed by atoms with Gasteiger partial charge in [0, 0.05) is 42.6 Å². The molecular formula is C16H20N4S. The molecular weight excluding hydrogens is 280 g/mol. The third-order valence-electron chi connectivity index (χ3n) is 4.33. The van der Waals surface area contributed by atoms with E-state index < -0.39 is 0 Å². The fourth-order valence-corrected chi connectivity index (χ4v) is 4.31. The van der Waals surface area contributed by atoms with Crippen molar-refractivity contribution < 1.29 is 0 Å². The van der Waals surface area contributed by atoms with Crippen LogP contribution < -0.4 is 10.6 Å². The minimum atomic E-state index is 0.501. The van der Waals surface area contributed by atoms with Gasteiger partial charge in [-0.1, -0.05) is 18.2 Å². The monoisotopic (exact) mass is 300 g/mol. The van der Waals surface area contributed by atoms with Gasteiger partial charge < -0.3 is 10.6 Å². The number of fused-ring (bicyclic) bond motifs is 2. The van der Waals surface area contributed by atoms with Crippen LogP contribution in [0.1, 0.15) is 18.0 Å². The molecule has 2 aromatic rings. The molecule has 0 spiro atoms. The Morgan fingerprint density at radius 1 is 1.33 bits per heavy atom. The Labute approximate surface area is 129 Å². The lowest BCUT2D eigenvalue weighted by atomic mass is 10.0. The fourth-order valence-electron chi connectivity index (χ4n) is 3.19. The lowest BCUT2D eigenvalue weighted by Gasteiger charge is -2.30. The molecule has 1 aromatic heterocycles. The molecule has 0 aliphatic carbocycles. The highest BCUT2D eigenvalue weighted by Crippen LogP contribution is 2.35. The number of hydrogen-bond acceptors (Lipinski definition) is 4. The Hall–Kier alpha value is -1.46. The topological polar surface area (TPSA) is 41.9 Å². The van der Waals surface area contributed by atoms with Gasteiger partial charge in [0.05, 0.1) is 6.20 Å². The van der Waals surface area contributed by atoms with Crippen molar-refractivity contribution in [1.29, 1.82) is 0 Å². The minimum absolute atomic E-state index is 0.501. The van der Waals surface area contributed by atoms with Gasteiger partial charge in [-0.25, -0.2) is 4.68 Å². The van der Waals surface area contributed by atoms with Crippen molar-refractivity contribution in [2.75, 3.05) is 24.2 Å². The third-order valence-corrected chi connectivity index (χ3v) is 5.45. The van der Waals surface area contributed by atoms with E-state index >= 15 is 0 Å². The predicted octanol–water partition coefficient (Wildman–Crippen LogP) is 2.75. The first-order chi connectivity index (χ1) is 10.4. The van der Waals surface area contributed by atoms with Crippen LogP contribution in [0.3, 0.4) is 0 Å². The number of anilines is 1. The zero-order valence-corrected chi connectivity index (χ0v) is 12.8. The van der Waals surface area contributed by atoms with E-state index in [9.17, 15) is 0 Å². The van der Waals surface area contributed by atoms with Crippen LogP contribution in [0.15, 0.2) is 41.4 Å². The van der Waals surface area contributed by atoms with Crippen molar-refractivity contribution in [1.82, 2.24) is 15.1 Å². The summed E-state index contributed by atoms with van der Waals surface area (Å²) in [7, 11) is 0. The van der Waals surface area contributed by atoms with Crippen LogP contribution in [0.25, 0.3) is 0 Å². The molecule has 110 valence electrons. The highest BCUT2D eigenvalue weighted by atomic mass is 32.2. The maximum atomic E-state index is 4.36. The summed E-state index contributed by atoms with van der Waals surface area (Å²) in [5.74, 6) is 2.95. The molecule has 0 bridgehead atoms. The van der Waals surface area contributed by atoms with Gasteiger partial charge in [0.2, 0.25) is 0 Å². The number of thioether (sulfide) groups is 1. The van der Waals surface area contributed by atoms with Crippen molar-refractivity contribution in [3.8, 4) is 0 Å². The van der Waals surface area contributed by atoms with Crippen molar-refractivity contribution in [2.24, 2.45) is 5.92 Å². The molecule has 0 amide bonds. The standard InChI is InChI=1S/C16H20N4S/c1-2-4-15-13(3-1)14(6-8-21-15)17-9-12-10-18-16-5-7-19-20(16)11-12/h1-5,7,12,14,17-18H,6,8-11H2/t12-,14-/m0/s1. The van der Waals surface area contributed by atoms with E-state index in [0.717, 1.165) is 25.5 Å². The Morgan fingerprint density at radius 2 is 2.29 bits per heavy atom. The first-order valence-corrected chi connectivity index (χ1v) is 8.59. The number of aromatic nitrogens is 2. The average Bonchev–Trinajstić information content (AvgIpc) is 3.00. The van der Waals surface area contributed by atoms with Gasteiger partial charge >= 0.3 is 0 Å². The van der Waals surface area contributed by atoms with Crippen molar-refractivity contribution in [3.63, 3.8) is 0 Å². The quantitative estimate of drug-likeness (QED) is 0.914. The van der Waals surface area contributed by atoms with Gasteiger partial charge in [-0.05, 0) is 23.8 Å². The first kappa shape index (κ1) is 13.2. The van der Waals surface area contributed by atoms with E-state index in [1.165, 1.54) is 22.6 Å². The van der Waals surface area contributed by atoms with E-state index in [0.29, 0.717) is 12.0 Å².